The van der Waals surface area contributed by atoms with Gasteiger partial charge in [0.2, 0.25) is 0 Å². The van der Waals surface area contributed by atoms with Gasteiger partial charge in [-0.3, -0.25) is 0 Å². The predicted octanol–water partition coefficient (Wildman–Crippen LogP) is 3.54. The van der Waals surface area contributed by atoms with Crippen LogP contribution in [0.5, 0.6) is 0 Å². The largest absolute Gasteiger partial charge is 0.389 e. The summed E-state index contributed by atoms with van der Waals surface area (Å²) in [5, 5.41) is 9.51. The van der Waals surface area contributed by atoms with Crippen LogP contribution in [0.15, 0.2) is 18.3 Å². The van der Waals surface area contributed by atoms with Crippen molar-refractivity contribution in [2.24, 2.45) is 5.41 Å². The molecule has 1 fully saturated rings. The highest BCUT2D eigenvalue weighted by molar-refractivity contribution is 5.40. The highest BCUT2D eigenvalue weighted by atomic mass is 16.3. The van der Waals surface area contributed by atoms with E-state index in [4.69, 9.17) is 0 Å². The van der Waals surface area contributed by atoms with Crippen LogP contribution < -0.4 is 4.90 Å². The van der Waals surface area contributed by atoms with E-state index < -0.39 is 6.10 Å². The van der Waals surface area contributed by atoms with E-state index in [1.165, 1.54) is 25.7 Å². The number of rotatable bonds is 3. The second-order valence-electron chi connectivity index (χ2n) is 6.63. The highest BCUT2D eigenvalue weighted by Gasteiger charge is 2.29. The Morgan fingerprint density at radius 2 is 1.95 bits per heavy atom. The Hall–Kier alpha value is -1.09. The fourth-order valence-corrected chi connectivity index (χ4v) is 2.81. The third kappa shape index (κ3) is 3.47. The number of aliphatic hydroxyl groups excluding tert-OH is 1. The number of hydrogen-bond acceptors (Lipinski definition) is 3. The minimum atomic E-state index is -0.442. The number of aromatic nitrogens is 1. The lowest BCUT2D eigenvalue weighted by Gasteiger charge is -2.39. The van der Waals surface area contributed by atoms with E-state index in [9.17, 15) is 5.11 Å². The normalized spacial score (nSPS) is 21.1. The van der Waals surface area contributed by atoms with Crippen molar-refractivity contribution in [3.8, 4) is 0 Å². The van der Waals surface area contributed by atoms with Crippen LogP contribution in [0.2, 0.25) is 0 Å². The molecule has 1 aromatic rings. The summed E-state index contributed by atoms with van der Waals surface area (Å²) < 4.78 is 0. The lowest BCUT2D eigenvalue weighted by atomic mass is 9.75. The van der Waals surface area contributed by atoms with Gasteiger partial charge in [0.15, 0.2) is 0 Å². The molecule has 1 atom stereocenters. The van der Waals surface area contributed by atoms with E-state index in [0.29, 0.717) is 11.5 Å². The Balaban J connectivity index is 2.02. The molecule has 0 bridgehead atoms. The Kier molecular flexibility index (Phi) is 4.14. The van der Waals surface area contributed by atoms with Gasteiger partial charge in [-0.1, -0.05) is 19.9 Å². The van der Waals surface area contributed by atoms with Crippen molar-refractivity contribution in [2.45, 2.75) is 58.6 Å². The lowest BCUT2D eigenvalue weighted by Crippen LogP contribution is -2.37. The van der Waals surface area contributed by atoms with Crippen molar-refractivity contribution < 1.29 is 5.11 Å². The fraction of sp³-hybridized carbons (Fsp3) is 0.688. The average molecular weight is 262 g/mol. The molecule has 2 rings (SSSR count). The number of pyridine rings is 1. The van der Waals surface area contributed by atoms with Gasteiger partial charge >= 0.3 is 0 Å². The van der Waals surface area contributed by atoms with E-state index in [0.717, 1.165) is 11.4 Å². The van der Waals surface area contributed by atoms with Crippen LogP contribution in [0.1, 0.15) is 58.1 Å². The quantitative estimate of drug-likeness (QED) is 0.905. The van der Waals surface area contributed by atoms with Gasteiger partial charge in [-0.25, -0.2) is 4.98 Å². The summed E-state index contributed by atoms with van der Waals surface area (Å²) in [4.78, 5) is 6.77. The molecule has 1 aliphatic rings. The molecule has 0 aromatic carbocycles. The highest BCUT2D eigenvalue weighted by Crippen LogP contribution is 2.37. The van der Waals surface area contributed by atoms with E-state index in [1.54, 1.807) is 13.1 Å². The fourth-order valence-electron chi connectivity index (χ4n) is 2.81. The third-order valence-electron chi connectivity index (χ3n) is 4.47. The monoisotopic (exact) mass is 262 g/mol. The summed E-state index contributed by atoms with van der Waals surface area (Å²) in [7, 11) is 2.13. The molecule has 0 amide bonds. The molecule has 1 aliphatic carbocycles. The number of hydrogen-bond donors (Lipinski definition) is 1. The van der Waals surface area contributed by atoms with Crippen molar-refractivity contribution >= 4 is 5.82 Å². The molecule has 19 heavy (non-hydrogen) atoms. The number of nitrogens with zero attached hydrogens (tertiary/aromatic N) is 2. The third-order valence-corrected chi connectivity index (χ3v) is 4.47. The van der Waals surface area contributed by atoms with Gasteiger partial charge in [-0.05, 0) is 49.7 Å². The summed E-state index contributed by atoms with van der Waals surface area (Å²) in [6.07, 6.45) is 6.39. The van der Waals surface area contributed by atoms with Crippen molar-refractivity contribution in [3.63, 3.8) is 0 Å². The first kappa shape index (κ1) is 14.3. The van der Waals surface area contributed by atoms with Crippen molar-refractivity contribution in [1.29, 1.82) is 0 Å². The minimum absolute atomic E-state index is 0.442. The van der Waals surface area contributed by atoms with Gasteiger partial charge in [0.1, 0.15) is 5.82 Å². The van der Waals surface area contributed by atoms with Crippen LogP contribution in [-0.2, 0) is 0 Å². The first-order valence-corrected chi connectivity index (χ1v) is 7.26. The first-order chi connectivity index (χ1) is 8.89. The van der Waals surface area contributed by atoms with Crippen LogP contribution in [0.3, 0.4) is 0 Å². The molecule has 0 radical (unpaired) electrons. The molecule has 3 heteroatoms. The zero-order valence-electron chi connectivity index (χ0n) is 12.6. The summed E-state index contributed by atoms with van der Waals surface area (Å²) in [5.41, 5.74) is 1.38. The molecule has 3 nitrogen and oxygen atoms in total. The Labute approximate surface area is 116 Å². The molecule has 106 valence electrons. The maximum atomic E-state index is 9.51. The maximum Gasteiger partial charge on any atom is 0.128 e. The van der Waals surface area contributed by atoms with Gasteiger partial charge in [0, 0.05) is 19.3 Å². The summed E-state index contributed by atoms with van der Waals surface area (Å²) in [6, 6.07) is 4.58. The second-order valence-corrected chi connectivity index (χ2v) is 6.63. The SMILES string of the molecule is C[C@@H](O)c1ccc(N(C)C2CCC(C)(C)CC2)nc1. The van der Waals surface area contributed by atoms with E-state index >= 15 is 0 Å². The van der Waals surface area contributed by atoms with Gasteiger partial charge in [-0.15, -0.1) is 0 Å². The zero-order valence-corrected chi connectivity index (χ0v) is 12.6. The van der Waals surface area contributed by atoms with Gasteiger partial charge in [0.05, 0.1) is 6.10 Å². The van der Waals surface area contributed by atoms with Crippen molar-refractivity contribution in [1.82, 2.24) is 4.98 Å². The van der Waals surface area contributed by atoms with Crippen LogP contribution in [-0.4, -0.2) is 23.2 Å². The van der Waals surface area contributed by atoms with E-state index in [-0.39, 0.29) is 0 Å². The Morgan fingerprint density at radius 1 is 1.32 bits per heavy atom. The smallest absolute Gasteiger partial charge is 0.128 e. The Bertz CT molecular complexity index is 401. The molecule has 0 unspecified atom stereocenters. The molecule has 1 N–H and O–H groups in total. The first-order valence-electron chi connectivity index (χ1n) is 7.26. The van der Waals surface area contributed by atoms with E-state index in [1.807, 2.05) is 12.1 Å². The summed E-state index contributed by atoms with van der Waals surface area (Å²) in [5.74, 6) is 1.01. The zero-order chi connectivity index (χ0) is 14.0. The van der Waals surface area contributed by atoms with Gasteiger partial charge in [-0.2, -0.15) is 0 Å². The van der Waals surface area contributed by atoms with Crippen LogP contribution >= 0.6 is 0 Å². The number of anilines is 1. The Morgan fingerprint density at radius 3 is 2.42 bits per heavy atom. The molecule has 0 saturated heterocycles. The molecule has 1 heterocycles. The predicted molar refractivity (Wildman–Crippen MR) is 79.3 cm³/mol. The molecular formula is C16H26N2O. The van der Waals surface area contributed by atoms with E-state index in [2.05, 4.69) is 30.8 Å². The average Bonchev–Trinajstić information content (AvgIpc) is 2.38. The van der Waals surface area contributed by atoms with Crippen LogP contribution in [0.4, 0.5) is 5.82 Å². The van der Waals surface area contributed by atoms with Crippen LogP contribution in [0, 0.1) is 5.41 Å². The molecule has 1 saturated carbocycles. The maximum absolute atomic E-state index is 9.51. The molecule has 0 aliphatic heterocycles. The van der Waals surface area contributed by atoms with Gasteiger partial charge < -0.3 is 10.0 Å². The molecular weight excluding hydrogens is 236 g/mol. The van der Waals surface area contributed by atoms with Crippen molar-refractivity contribution in [3.05, 3.63) is 23.9 Å². The summed E-state index contributed by atoms with van der Waals surface area (Å²) >= 11 is 0. The molecule has 1 aromatic heterocycles. The second kappa shape index (κ2) is 5.49. The summed E-state index contributed by atoms with van der Waals surface area (Å²) in [6.45, 7) is 6.49. The minimum Gasteiger partial charge on any atom is -0.389 e. The van der Waals surface area contributed by atoms with Gasteiger partial charge in [0.25, 0.3) is 0 Å². The number of aliphatic hydroxyl groups is 1. The molecule has 0 spiro atoms. The van der Waals surface area contributed by atoms with Crippen LogP contribution in [0.25, 0.3) is 0 Å². The lowest BCUT2D eigenvalue weighted by molar-refractivity contribution is 0.199. The topological polar surface area (TPSA) is 36.4 Å². The van der Waals surface area contributed by atoms with Crippen molar-refractivity contribution in [2.75, 3.05) is 11.9 Å². The standard InChI is InChI=1S/C16H26N2O/c1-12(19)13-5-6-15(17-11-13)18(4)14-7-9-16(2,3)10-8-14/h5-6,11-12,14,19H,7-10H2,1-4H3/t12-/m1/s1.